The maximum absolute atomic E-state index is 4.51. The Kier molecular flexibility index (Phi) is 2.87. The number of piperazine rings is 1. The molecule has 0 radical (unpaired) electrons. The van der Waals surface area contributed by atoms with Gasteiger partial charge in [0.05, 0.1) is 0 Å². The molecule has 0 saturated carbocycles. The Balaban J connectivity index is 2.19. The Morgan fingerprint density at radius 3 is 2.83 bits per heavy atom. The van der Waals surface area contributed by atoms with Gasteiger partial charge in [-0.1, -0.05) is 6.92 Å². The van der Waals surface area contributed by atoms with E-state index in [2.05, 4.69) is 39.1 Å². The van der Waals surface area contributed by atoms with Gasteiger partial charge in [0.1, 0.15) is 12.1 Å². The lowest BCUT2D eigenvalue weighted by molar-refractivity contribution is 0.577. The average molecular weight is 246 g/mol. The number of nitrogens with one attached hydrogen (secondary N) is 1. The van der Waals surface area contributed by atoms with Crippen molar-refractivity contribution in [3.63, 3.8) is 0 Å². The Labute approximate surface area is 106 Å². The van der Waals surface area contributed by atoms with Crippen molar-refractivity contribution in [2.45, 2.75) is 20.3 Å². The fourth-order valence-electron chi connectivity index (χ4n) is 2.58. The molecule has 3 heterocycles. The van der Waals surface area contributed by atoms with Crippen LogP contribution in [0.25, 0.3) is 5.78 Å². The van der Waals surface area contributed by atoms with Crippen molar-refractivity contribution in [3.05, 3.63) is 17.6 Å². The number of rotatable bonds is 2. The minimum Gasteiger partial charge on any atom is -0.354 e. The highest BCUT2D eigenvalue weighted by Crippen LogP contribution is 2.23. The van der Waals surface area contributed by atoms with E-state index in [1.165, 1.54) is 11.4 Å². The molecule has 6 heteroatoms. The quantitative estimate of drug-likeness (QED) is 0.831. The van der Waals surface area contributed by atoms with Crippen molar-refractivity contribution in [2.75, 3.05) is 31.1 Å². The molecule has 2 aromatic heterocycles. The number of fused-ring (bicyclic) bond motifs is 1. The number of hydrogen-bond donors (Lipinski definition) is 1. The number of aromatic nitrogens is 4. The van der Waals surface area contributed by atoms with Gasteiger partial charge < -0.3 is 10.2 Å². The second-order valence-electron chi connectivity index (χ2n) is 4.56. The predicted octanol–water partition coefficient (Wildman–Crippen LogP) is 0.405. The van der Waals surface area contributed by atoms with Crippen LogP contribution in [0.4, 0.5) is 5.82 Å². The van der Waals surface area contributed by atoms with Gasteiger partial charge in [-0.2, -0.15) is 14.6 Å². The van der Waals surface area contributed by atoms with Crippen molar-refractivity contribution in [1.82, 2.24) is 24.9 Å². The number of anilines is 1. The highest BCUT2D eigenvalue weighted by molar-refractivity contribution is 5.54. The third kappa shape index (κ3) is 1.73. The van der Waals surface area contributed by atoms with Crippen LogP contribution in [0, 0.1) is 6.92 Å². The van der Waals surface area contributed by atoms with Crippen molar-refractivity contribution in [1.29, 1.82) is 0 Å². The lowest BCUT2D eigenvalue weighted by atomic mass is 10.1. The summed E-state index contributed by atoms with van der Waals surface area (Å²) in [6.07, 6.45) is 2.54. The van der Waals surface area contributed by atoms with Crippen molar-refractivity contribution in [3.8, 4) is 0 Å². The summed E-state index contributed by atoms with van der Waals surface area (Å²) in [5.41, 5.74) is 2.33. The van der Waals surface area contributed by atoms with Gasteiger partial charge in [0.15, 0.2) is 0 Å². The molecule has 1 aliphatic rings. The number of nitrogens with zero attached hydrogens (tertiary/aromatic N) is 5. The van der Waals surface area contributed by atoms with Gasteiger partial charge >= 0.3 is 0 Å². The van der Waals surface area contributed by atoms with E-state index in [4.69, 9.17) is 0 Å². The first-order valence-electron chi connectivity index (χ1n) is 6.46. The second-order valence-corrected chi connectivity index (χ2v) is 4.56. The van der Waals surface area contributed by atoms with Crippen molar-refractivity contribution < 1.29 is 0 Å². The van der Waals surface area contributed by atoms with Gasteiger partial charge in [-0.25, -0.2) is 4.98 Å². The smallest absolute Gasteiger partial charge is 0.254 e. The van der Waals surface area contributed by atoms with E-state index in [0.717, 1.165) is 38.3 Å². The molecule has 0 aromatic carbocycles. The monoisotopic (exact) mass is 246 g/mol. The molecular weight excluding hydrogens is 228 g/mol. The molecule has 96 valence electrons. The summed E-state index contributed by atoms with van der Waals surface area (Å²) in [6, 6.07) is 0. The van der Waals surface area contributed by atoms with Gasteiger partial charge in [-0.15, -0.1) is 0 Å². The fraction of sp³-hybridized carbons (Fsp3) is 0.583. The minimum absolute atomic E-state index is 0.693. The van der Waals surface area contributed by atoms with E-state index in [9.17, 15) is 0 Å². The van der Waals surface area contributed by atoms with Crippen LogP contribution in [-0.2, 0) is 6.42 Å². The standard InChI is InChI=1S/C12H18N6/c1-3-10-9(2)16-12-14-8-15-18(12)11(10)17-6-4-13-5-7-17/h8,13H,3-7H2,1-2H3. The maximum Gasteiger partial charge on any atom is 0.254 e. The Hall–Kier alpha value is -1.69. The second kappa shape index (κ2) is 4.53. The van der Waals surface area contributed by atoms with Crippen LogP contribution in [-0.4, -0.2) is 45.8 Å². The summed E-state index contributed by atoms with van der Waals surface area (Å²) >= 11 is 0. The zero-order valence-electron chi connectivity index (χ0n) is 10.8. The summed E-state index contributed by atoms with van der Waals surface area (Å²) in [5.74, 6) is 1.86. The van der Waals surface area contributed by atoms with Gasteiger partial charge in [-0.3, -0.25) is 0 Å². The third-order valence-electron chi connectivity index (χ3n) is 3.47. The summed E-state index contributed by atoms with van der Waals surface area (Å²) in [7, 11) is 0. The van der Waals surface area contributed by atoms with Gasteiger partial charge in [0.2, 0.25) is 0 Å². The third-order valence-corrected chi connectivity index (χ3v) is 3.47. The highest BCUT2D eigenvalue weighted by Gasteiger charge is 2.20. The van der Waals surface area contributed by atoms with Crippen LogP contribution >= 0.6 is 0 Å². The van der Waals surface area contributed by atoms with Crippen LogP contribution in [0.3, 0.4) is 0 Å². The Morgan fingerprint density at radius 1 is 1.33 bits per heavy atom. The van der Waals surface area contributed by atoms with Crippen LogP contribution in [0.15, 0.2) is 6.33 Å². The maximum atomic E-state index is 4.51. The molecule has 1 saturated heterocycles. The molecule has 1 fully saturated rings. The van der Waals surface area contributed by atoms with E-state index < -0.39 is 0 Å². The Bertz CT molecular complexity index is 555. The van der Waals surface area contributed by atoms with Gasteiger partial charge in [0.25, 0.3) is 5.78 Å². The predicted molar refractivity (Wildman–Crippen MR) is 70.0 cm³/mol. The zero-order chi connectivity index (χ0) is 12.5. The normalized spacial score (nSPS) is 16.4. The van der Waals surface area contributed by atoms with E-state index in [1.807, 2.05) is 4.52 Å². The van der Waals surface area contributed by atoms with Crippen LogP contribution in [0.1, 0.15) is 18.2 Å². The Morgan fingerprint density at radius 2 is 2.11 bits per heavy atom. The van der Waals surface area contributed by atoms with Gasteiger partial charge in [-0.05, 0) is 13.3 Å². The fourth-order valence-corrected chi connectivity index (χ4v) is 2.58. The molecule has 6 nitrogen and oxygen atoms in total. The minimum atomic E-state index is 0.693. The highest BCUT2D eigenvalue weighted by atomic mass is 15.4. The summed E-state index contributed by atoms with van der Waals surface area (Å²) in [6.45, 7) is 8.26. The summed E-state index contributed by atoms with van der Waals surface area (Å²) in [5, 5.41) is 7.70. The first kappa shape index (κ1) is 11.4. The van der Waals surface area contributed by atoms with Crippen LogP contribution < -0.4 is 10.2 Å². The van der Waals surface area contributed by atoms with Gasteiger partial charge in [0, 0.05) is 37.4 Å². The summed E-state index contributed by atoms with van der Waals surface area (Å²) in [4.78, 5) is 11.1. The molecule has 0 aliphatic carbocycles. The van der Waals surface area contributed by atoms with Crippen molar-refractivity contribution >= 4 is 11.6 Å². The molecule has 0 unspecified atom stereocenters. The number of hydrogen-bond acceptors (Lipinski definition) is 5. The van der Waals surface area contributed by atoms with E-state index in [1.54, 1.807) is 6.33 Å². The van der Waals surface area contributed by atoms with E-state index in [-0.39, 0.29) is 0 Å². The molecule has 1 aliphatic heterocycles. The van der Waals surface area contributed by atoms with Crippen molar-refractivity contribution in [2.24, 2.45) is 0 Å². The first-order chi connectivity index (χ1) is 8.81. The SMILES string of the molecule is CCc1c(C)nc2ncnn2c1N1CCNCC1. The molecule has 3 rings (SSSR count). The van der Waals surface area contributed by atoms with Crippen LogP contribution in [0.5, 0.6) is 0 Å². The molecule has 2 aromatic rings. The molecule has 0 atom stereocenters. The molecule has 18 heavy (non-hydrogen) atoms. The first-order valence-corrected chi connectivity index (χ1v) is 6.46. The number of aryl methyl sites for hydroxylation is 1. The lowest BCUT2D eigenvalue weighted by Gasteiger charge is -2.31. The average Bonchev–Trinajstić information content (AvgIpc) is 2.85. The van der Waals surface area contributed by atoms with Crippen LogP contribution in [0.2, 0.25) is 0 Å². The molecule has 0 bridgehead atoms. The van der Waals surface area contributed by atoms with E-state index >= 15 is 0 Å². The largest absolute Gasteiger partial charge is 0.354 e. The summed E-state index contributed by atoms with van der Waals surface area (Å²) < 4.78 is 1.87. The lowest BCUT2D eigenvalue weighted by Crippen LogP contribution is -2.44. The molecule has 1 N–H and O–H groups in total. The molecular formula is C12H18N6. The zero-order valence-corrected chi connectivity index (χ0v) is 10.8. The molecule has 0 spiro atoms. The topological polar surface area (TPSA) is 58.4 Å². The molecule has 0 amide bonds. The van der Waals surface area contributed by atoms with E-state index in [0.29, 0.717) is 5.78 Å².